The minimum absolute atomic E-state index is 0.117. The van der Waals surface area contributed by atoms with Crippen LogP contribution in [0.2, 0.25) is 5.02 Å². The minimum Gasteiger partial charge on any atom is -0.396 e. The van der Waals surface area contributed by atoms with E-state index >= 15 is 0 Å². The van der Waals surface area contributed by atoms with Crippen molar-refractivity contribution < 1.29 is 9.18 Å². The number of likely N-dealkylation sites (tertiary alicyclic amines) is 1. The van der Waals surface area contributed by atoms with Gasteiger partial charge in [0.25, 0.3) is 5.91 Å². The Balaban J connectivity index is 1.82. The van der Waals surface area contributed by atoms with Gasteiger partial charge in [0.05, 0.1) is 23.5 Å². The first kappa shape index (κ1) is 15.8. The Bertz CT molecular complexity index is 746. The number of amides is 1. The third-order valence-electron chi connectivity index (χ3n) is 4.11. The lowest BCUT2D eigenvalue weighted by molar-refractivity contribution is 0.0673. The predicted octanol–water partition coefficient (Wildman–Crippen LogP) is 3.04. The number of halogens is 2. The van der Waals surface area contributed by atoms with Gasteiger partial charge in [-0.25, -0.2) is 4.39 Å². The molecular weight excluding hydrogens is 319 g/mol. The molecule has 1 aliphatic heterocycles. The fourth-order valence-electron chi connectivity index (χ4n) is 2.92. The maximum absolute atomic E-state index is 13.7. The molecule has 3 rings (SSSR count). The maximum Gasteiger partial charge on any atom is 0.256 e. The molecule has 0 bridgehead atoms. The first-order valence-corrected chi connectivity index (χ1v) is 7.88. The predicted molar refractivity (Wildman–Crippen MR) is 87.0 cm³/mol. The van der Waals surface area contributed by atoms with Crippen molar-refractivity contribution >= 4 is 23.2 Å². The summed E-state index contributed by atoms with van der Waals surface area (Å²) in [5.74, 6) is -0.963. The molecule has 2 N–H and O–H groups in total. The van der Waals surface area contributed by atoms with Gasteiger partial charge < -0.3 is 10.6 Å². The van der Waals surface area contributed by atoms with Gasteiger partial charge >= 0.3 is 0 Å². The number of piperidine rings is 1. The molecule has 0 aliphatic carbocycles. The molecular formula is C16H18ClFN4O. The van der Waals surface area contributed by atoms with Gasteiger partial charge in [-0.2, -0.15) is 5.10 Å². The number of hydrogen-bond donors (Lipinski definition) is 1. The van der Waals surface area contributed by atoms with E-state index in [1.165, 1.54) is 6.07 Å². The molecule has 1 saturated heterocycles. The average molecular weight is 337 g/mol. The number of aryl methyl sites for hydroxylation is 1. The van der Waals surface area contributed by atoms with Crippen molar-refractivity contribution in [3.63, 3.8) is 0 Å². The van der Waals surface area contributed by atoms with Crippen LogP contribution in [0.25, 0.3) is 0 Å². The molecule has 1 amide bonds. The highest BCUT2D eigenvalue weighted by Gasteiger charge is 2.27. The third-order valence-corrected chi connectivity index (χ3v) is 4.33. The molecule has 1 fully saturated rings. The summed E-state index contributed by atoms with van der Waals surface area (Å²) in [5.41, 5.74) is 6.75. The van der Waals surface area contributed by atoms with E-state index in [1.54, 1.807) is 11.1 Å². The summed E-state index contributed by atoms with van der Waals surface area (Å²) >= 11 is 5.85. The zero-order valence-electron chi connectivity index (χ0n) is 12.8. The highest BCUT2D eigenvalue weighted by molar-refractivity contribution is 6.31. The second-order valence-electron chi connectivity index (χ2n) is 5.89. The number of hydrogen-bond acceptors (Lipinski definition) is 3. The Morgan fingerprint density at radius 2 is 2.26 bits per heavy atom. The number of rotatable bonds is 2. The number of carbonyl (C=O) groups is 1. The van der Waals surface area contributed by atoms with Crippen LogP contribution in [0.15, 0.2) is 24.5 Å². The monoisotopic (exact) mass is 336 g/mol. The second kappa shape index (κ2) is 6.20. The molecule has 1 atom stereocenters. The Labute approximate surface area is 138 Å². The number of nitrogen functional groups attached to an aromatic ring is 1. The molecule has 7 heteroatoms. The van der Waals surface area contributed by atoms with Crippen molar-refractivity contribution in [2.45, 2.75) is 25.8 Å². The Morgan fingerprint density at radius 1 is 1.48 bits per heavy atom. The number of carbonyl (C=O) groups excluding carboxylic acids is 1. The Morgan fingerprint density at radius 3 is 2.96 bits per heavy atom. The maximum atomic E-state index is 13.7. The lowest BCUT2D eigenvalue weighted by Gasteiger charge is -2.33. The average Bonchev–Trinajstić information content (AvgIpc) is 2.97. The zero-order valence-corrected chi connectivity index (χ0v) is 13.6. The van der Waals surface area contributed by atoms with Gasteiger partial charge in [-0.15, -0.1) is 0 Å². The van der Waals surface area contributed by atoms with E-state index in [-0.39, 0.29) is 28.2 Å². The summed E-state index contributed by atoms with van der Waals surface area (Å²) in [6.45, 7) is 3.11. The van der Waals surface area contributed by atoms with Gasteiger partial charge in [0.15, 0.2) is 0 Å². The van der Waals surface area contributed by atoms with Gasteiger partial charge in [0.1, 0.15) is 5.82 Å². The van der Waals surface area contributed by atoms with Gasteiger partial charge in [-0.05, 0) is 37.5 Å². The molecule has 1 aromatic carbocycles. The van der Waals surface area contributed by atoms with Crippen LogP contribution < -0.4 is 5.73 Å². The molecule has 1 aromatic heterocycles. The van der Waals surface area contributed by atoms with Crippen molar-refractivity contribution in [2.24, 2.45) is 0 Å². The highest BCUT2D eigenvalue weighted by atomic mass is 35.5. The lowest BCUT2D eigenvalue weighted by atomic mass is 10.0. The standard InChI is InChI=1S/C16H18ClFN4O/c1-10-7-20-22(8-10)12-3-2-4-21(9-12)16(23)13-5-11(17)6-14(18)15(13)19/h5-8,12H,2-4,9,19H2,1H3/t12-/m1/s1. The van der Waals surface area contributed by atoms with Gasteiger partial charge in [-0.1, -0.05) is 11.6 Å². The largest absolute Gasteiger partial charge is 0.396 e. The van der Waals surface area contributed by atoms with Crippen molar-refractivity contribution in [1.82, 2.24) is 14.7 Å². The Hall–Kier alpha value is -2.08. The van der Waals surface area contributed by atoms with Crippen molar-refractivity contribution in [3.8, 4) is 0 Å². The summed E-state index contributed by atoms with van der Waals surface area (Å²) in [6, 6.07) is 2.65. The van der Waals surface area contributed by atoms with Crippen LogP contribution in [0.5, 0.6) is 0 Å². The summed E-state index contributed by atoms with van der Waals surface area (Å²) in [7, 11) is 0. The minimum atomic E-state index is -0.669. The van der Waals surface area contributed by atoms with Crippen molar-refractivity contribution in [1.29, 1.82) is 0 Å². The molecule has 0 radical (unpaired) electrons. The summed E-state index contributed by atoms with van der Waals surface area (Å²) in [5, 5.41) is 4.49. The van der Waals surface area contributed by atoms with Gasteiger partial charge in [0.2, 0.25) is 0 Å². The van der Waals surface area contributed by atoms with Crippen LogP contribution in [0.3, 0.4) is 0 Å². The second-order valence-corrected chi connectivity index (χ2v) is 6.33. The number of benzene rings is 1. The van der Waals surface area contributed by atoms with Crippen LogP contribution in [-0.2, 0) is 0 Å². The summed E-state index contributed by atoms with van der Waals surface area (Å²) in [6.07, 6.45) is 5.57. The SMILES string of the molecule is Cc1cnn([C@@H]2CCCN(C(=O)c3cc(Cl)cc(F)c3N)C2)c1. The van der Waals surface area contributed by atoms with Crippen LogP contribution in [-0.4, -0.2) is 33.7 Å². The van der Waals surface area contributed by atoms with E-state index in [4.69, 9.17) is 17.3 Å². The fourth-order valence-corrected chi connectivity index (χ4v) is 3.12. The van der Waals surface area contributed by atoms with Crippen LogP contribution in [0.4, 0.5) is 10.1 Å². The van der Waals surface area contributed by atoms with Gasteiger partial charge in [-0.3, -0.25) is 9.48 Å². The molecule has 0 saturated carbocycles. The molecule has 23 heavy (non-hydrogen) atoms. The van der Waals surface area contributed by atoms with Crippen LogP contribution >= 0.6 is 11.6 Å². The van der Waals surface area contributed by atoms with E-state index in [1.807, 2.05) is 17.8 Å². The first-order chi connectivity index (χ1) is 11.0. The van der Waals surface area contributed by atoms with E-state index in [0.717, 1.165) is 24.5 Å². The number of anilines is 1. The molecule has 0 spiro atoms. The molecule has 5 nitrogen and oxygen atoms in total. The van der Waals surface area contributed by atoms with E-state index in [2.05, 4.69) is 5.10 Å². The zero-order chi connectivity index (χ0) is 16.6. The third kappa shape index (κ3) is 3.17. The van der Waals surface area contributed by atoms with E-state index in [0.29, 0.717) is 13.1 Å². The summed E-state index contributed by atoms with van der Waals surface area (Å²) in [4.78, 5) is 14.4. The highest BCUT2D eigenvalue weighted by Crippen LogP contribution is 2.27. The molecule has 2 aromatic rings. The molecule has 122 valence electrons. The lowest BCUT2D eigenvalue weighted by Crippen LogP contribution is -2.41. The topological polar surface area (TPSA) is 64.2 Å². The van der Waals surface area contributed by atoms with Gasteiger partial charge in [0, 0.05) is 24.3 Å². The Kier molecular flexibility index (Phi) is 4.26. The van der Waals surface area contributed by atoms with E-state index in [9.17, 15) is 9.18 Å². The quantitative estimate of drug-likeness (QED) is 0.857. The van der Waals surface area contributed by atoms with Crippen molar-refractivity contribution in [3.05, 3.63) is 46.5 Å². The number of nitrogens with zero attached hydrogens (tertiary/aromatic N) is 3. The fraction of sp³-hybridized carbons (Fsp3) is 0.375. The number of aromatic nitrogens is 2. The number of nitrogens with two attached hydrogens (primary N) is 1. The van der Waals surface area contributed by atoms with Crippen molar-refractivity contribution in [2.75, 3.05) is 18.8 Å². The molecule has 2 heterocycles. The van der Waals surface area contributed by atoms with Crippen LogP contribution in [0, 0.1) is 12.7 Å². The van der Waals surface area contributed by atoms with E-state index < -0.39 is 5.82 Å². The first-order valence-electron chi connectivity index (χ1n) is 7.50. The molecule has 0 unspecified atom stereocenters. The summed E-state index contributed by atoms with van der Waals surface area (Å²) < 4.78 is 15.6. The molecule has 1 aliphatic rings. The normalized spacial score (nSPS) is 18.2. The smallest absolute Gasteiger partial charge is 0.256 e. The van der Waals surface area contributed by atoms with Crippen LogP contribution in [0.1, 0.15) is 34.8 Å².